The molecular weight excluding hydrogens is 202 g/mol. The van der Waals surface area contributed by atoms with E-state index >= 15 is 0 Å². The van der Waals surface area contributed by atoms with Gasteiger partial charge in [0.05, 0.1) is 5.60 Å². The van der Waals surface area contributed by atoms with Crippen molar-refractivity contribution in [2.75, 3.05) is 26.9 Å². The molecule has 1 heterocycles. The summed E-state index contributed by atoms with van der Waals surface area (Å²) in [5.74, 6) is 0. The highest BCUT2D eigenvalue weighted by atomic mass is 16.5. The van der Waals surface area contributed by atoms with Gasteiger partial charge in [0.2, 0.25) is 0 Å². The van der Waals surface area contributed by atoms with Gasteiger partial charge in [-0.3, -0.25) is 0 Å². The van der Waals surface area contributed by atoms with Crippen molar-refractivity contribution in [3.63, 3.8) is 0 Å². The molecule has 1 atom stereocenters. The first-order chi connectivity index (χ1) is 7.64. The molecule has 0 radical (unpaired) electrons. The summed E-state index contributed by atoms with van der Waals surface area (Å²) < 4.78 is 11.0. The van der Waals surface area contributed by atoms with Crippen molar-refractivity contribution < 1.29 is 9.47 Å². The van der Waals surface area contributed by atoms with E-state index in [1.54, 1.807) is 7.11 Å². The second-order valence-electron chi connectivity index (χ2n) is 5.26. The lowest BCUT2D eigenvalue weighted by Crippen LogP contribution is -2.35. The third-order valence-electron chi connectivity index (χ3n) is 3.42. The normalized spacial score (nSPS) is 22.3. The fraction of sp³-hybridized carbons (Fsp3) is 1.00. The van der Waals surface area contributed by atoms with Crippen LogP contribution in [0, 0.1) is 0 Å². The van der Waals surface area contributed by atoms with Crippen LogP contribution in [0.25, 0.3) is 0 Å². The van der Waals surface area contributed by atoms with Gasteiger partial charge in [-0.2, -0.15) is 0 Å². The lowest BCUT2D eigenvalue weighted by Gasteiger charge is -2.24. The topological polar surface area (TPSA) is 30.5 Å². The summed E-state index contributed by atoms with van der Waals surface area (Å²) >= 11 is 0. The number of methoxy groups -OCH3 is 1. The average Bonchev–Trinajstić information content (AvgIpc) is 2.30. The van der Waals surface area contributed by atoms with Crippen LogP contribution in [0.2, 0.25) is 0 Å². The van der Waals surface area contributed by atoms with Crippen LogP contribution in [-0.2, 0) is 9.47 Å². The van der Waals surface area contributed by atoms with Crippen LogP contribution in [-0.4, -0.2) is 38.5 Å². The fourth-order valence-corrected chi connectivity index (χ4v) is 1.92. The first-order valence-corrected chi connectivity index (χ1v) is 6.50. The van der Waals surface area contributed by atoms with Crippen LogP contribution in [0.15, 0.2) is 0 Å². The van der Waals surface area contributed by atoms with Crippen molar-refractivity contribution in [1.29, 1.82) is 0 Å². The van der Waals surface area contributed by atoms with Crippen molar-refractivity contribution in [3.05, 3.63) is 0 Å². The zero-order chi connectivity index (χ0) is 11.9. The summed E-state index contributed by atoms with van der Waals surface area (Å²) in [7, 11) is 1.76. The monoisotopic (exact) mass is 229 g/mol. The Kier molecular flexibility index (Phi) is 6.32. The summed E-state index contributed by atoms with van der Waals surface area (Å²) in [6.07, 6.45) is 6.12. The van der Waals surface area contributed by atoms with Gasteiger partial charge in [-0.25, -0.2) is 0 Å². The third kappa shape index (κ3) is 5.83. The molecule has 0 aromatic carbocycles. The average molecular weight is 229 g/mol. The molecule has 1 rings (SSSR count). The molecule has 0 aliphatic carbocycles. The maximum Gasteiger partial charge on any atom is 0.0644 e. The second-order valence-corrected chi connectivity index (χ2v) is 5.26. The number of hydrogen-bond donors (Lipinski definition) is 1. The zero-order valence-electron chi connectivity index (χ0n) is 11.1. The van der Waals surface area contributed by atoms with Crippen LogP contribution < -0.4 is 5.32 Å². The van der Waals surface area contributed by atoms with Crippen LogP contribution in [0.4, 0.5) is 0 Å². The summed E-state index contributed by atoms with van der Waals surface area (Å²) in [4.78, 5) is 0. The highest BCUT2D eigenvalue weighted by Gasteiger charge is 2.16. The van der Waals surface area contributed by atoms with Crippen molar-refractivity contribution in [2.24, 2.45) is 0 Å². The van der Waals surface area contributed by atoms with E-state index in [-0.39, 0.29) is 5.60 Å². The second kappa shape index (κ2) is 7.25. The van der Waals surface area contributed by atoms with Crippen molar-refractivity contribution in [2.45, 2.75) is 57.6 Å². The summed E-state index contributed by atoms with van der Waals surface area (Å²) in [6.45, 7) is 7.05. The lowest BCUT2D eigenvalue weighted by molar-refractivity contribution is -0.0108. The Balaban J connectivity index is 1.95. The Morgan fingerprint density at radius 2 is 2.06 bits per heavy atom. The van der Waals surface area contributed by atoms with Crippen molar-refractivity contribution in [1.82, 2.24) is 5.32 Å². The van der Waals surface area contributed by atoms with Gasteiger partial charge in [0.25, 0.3) is 0 Å². The summed E-state index contributed by atoms with van der Waals surface area (Å²) in [5.41, 5.74) is -0.0525. The Morgan fingerprint density at radius 3 is 2.69 bits per heavy atom. The summed E-state index contributed by atoms with van der Waals surface area (Å²) in [5, 5.41) is 3.53. The van der Waals surface area contributed by atoms with Crippen molar-refractivity contribution >= 4 is 0 Å². The van der Waals surface area contributed by atoms with Gasteiger partial charge in [0.15, 0.2) is 0 Å². The molecule has 1 unspecified atom stereocenters. The predicted octanol–water partition coefficient (Wildman–Crippen LogP) is 2.35. The van der Waals surface area contributed by atoms with Gasteiger partial charge < -0.3 is 14.8 Å². The Morgan fingerprint density at radius 1 is 1.25 bits per heavy atom. The highest BCUT2D eigenvalue weighted by Crippen LogP contribution is 2.13. The molecule has 0 spiro atoms. The number of ether oxygens (including phenoxy) is 2. The summed E-state index contributed by atoms with van der Waals surface area (Å²) in [6, 6.07) is 0.684. The Hall–Kier alpha value is -0.120. The minimum Gasteiger partial charge on any atom is -0.381 e. The standard InChI is InChI=1S/C13H27NO2/c1-13(2,15-3)8-11-16-10-7-12-6-4-5-9-14-12/h12,14H,4-11H2,1-3H3. The predicted molar refractivity (Wildman–Crippen MR) is 66.8 cm³/mol. The van der Waals surface area contributed by atoms with Gasteiger partial charge in [-0.1, -0.05) is 6.42 Å². The van der Waals surface area contributed by atoms with Gasteiger partial charge in [0, 0.05) is 26.4 Å². The van der Waals surface area contributed by atoms with Crippen LogP contribution in [0.5, 0.6) is 0 Å². The number of rotatable bonds is 7. The molecule has 1 saturated heterocycles. The van der Waals surface area contributed by atoms with E-state index in [1.165, 1.54) is 25.8 Å². The maximum absolute atomic E-state index is 5.65. The largest absolute Gasteiger partial charge is 0.381 e. The van der Waals surface area contributed by atoms with E-state index in [0.29, 0.717) is 6.04 Å². The molecule has 3 nitrogen and oxygen atoms in total. The molecule has 0 amide bonds. The molecule has 1 fully saturated rings. The molecule has 1 N–H and O–H groups in total. The van der Waals surface area contributed by atoms with E-state index in [2.05, 4.69) is 19.2 Å². The molecule has 0 saturated carbocycles. The molecular formula is C13H27NO2. The van der Waals surface area contributed by atoms with Crippen molar-refractivity contribution in [3.8, 4) is 0 Å². The smallest absolute Gasteiger partial charge is 0.0644 e. The van der Waals surface area contributed by atoms with Crippen LogP contribution in [0.3, 0.4) is 0 Å². The number of nitrogens with one attached hydrogen (secondary N) is 1. The molecule has 3 heteroatoms. The van der Waals surface area contributed by atoms with E-state index in [1.807, 2.05) is 0 Å². The van der Waals surface area contributed by atoms with E-state index in [0.717, 1.165) is 26.1 Å². The molecule has 1 aliphatic heterocycles. The third-order valence-corrected chi connectivity index (χ3v) is 3.42. The Bertz CT molecular complexity index is 177. The quantitative estimate of drug-likeness (QED) is 0.680. The van der Waals surface area contributed by atoms with E-state index < -0.39 is 0 Å². The molecule has 0 bridgehead atoms. The van der Waals surface area contributed by atoms with Crippen LogP contribution >= 0.6 is 0 Å². The Labute approximate surface area is 99.9 Å². The fourth-order valence-electron chi connectivity index (χ4n) is 1.92. The van der Waals surface area contributed by atoms with Crippen LogP contribution in [0.1, 0.15) is 46.0 Å². The van der Waals surface area contributed by atoms with E-state index in [9.17, 15) is 0 Å². The number of hydrogen-bond acceptors (Lipinski definition) is 3. The molecule has 1 aliphatic rings. The first-order valence-electron chi connectivity index (χ1n) is 6.50. The van der Waals surface area contributed by atoms with Gasteiger partial charge in [-0.15, -0.1) is 0 Å². The van der Waals surface area contributed by atoms with Gasteiger partial charge >= 0.3 is 0 Å². The zero-order valence-corrected chi connectivity index (χ0v) is 11.1. The van der Waals surface area contributed by atoms with E-state index in [4.69, 9.17) is 9.47 Å². The maximum atomic E-state index is 5.65. The molecule has 0 aromatic rings. The SMILES string of the molecule is COC(C)(C)CCOCCC1CCCCN1. The highest BCUT2D eigenvalue weighted by molar-refractivity contribution is 4.72. The lowest BCUT2D eigenvalue weighted by atomic mass is 10.0. The minimum absolute atomic E-state index is 0.0525. The van der Waals surface area contributed by atoms with Gasteiger partial charge in [-0.05, 0) is 46.1 Å². The number of piperidine rings is 1. The molecule has 96 valence electrons. The molecule has 16 heavy (non-hydrogen) atoms. The van der Waals surface area contributed by atoms with Gasteiger partial charge in [0.1, 0.15) is 0 Å². The minimum atomic E-state index is -0.0525. The molecule has 0 aromatic heterocycles. The first kappa shape index (κ1) is 13.9.